The van der Waals surface area contributed by atoms with Gasteiger partial charge in [-0.25, -0.2) is 0 Å². The Bertz CT molecular complexity index is 133. The summed E-state index contributed by atoms with van der Waals surface area (Å²) >= 11 is 8.00. The second kappa shape index (κ2) is 2.42. The molecule has 0 radical (unpaired) electrons. The predicted octanol–water partition coefficient (Wildman–Crippen LogP) is 1.23. The third kappa shape index (κ3) is 2.10. The topological polar surface area (TPSA) is 26.3 Å². The maximum Gasteiger partial charge on any atom is 0.307 e. The molecule has 2 nitrogen and oxygen atoms in total. The van der Waals surface area contributed by atoms with Crippen molar-refractivity contribution < 1.29 is 9.53 Å². The van der Waals surface area contributed by atoms with Crippen LogP contribution in [0, 0.1) is 0 Å². The Morgan fingerprint density at radius 3 is 2.56 bits per heavy atom. The van der Waals surface area contributed by atoms with Crippen LogP contribution in [-0.4, -0.2) is 10.2 Å². The van der Waals surface area contributed by atoms with Crippen molar-refractivity contribution in [2.45, 2.75) is 23.5 Å². The number of hydrogen-bond donors (Lipinski definition) is 2. The summed E-state index contributed by atoms with van der Waals surface area (Å²) in [5.41, 5.74) is 0. The fraction of sp³-hybridized carbons (Fsp3) is 0.800. The lowest BCUT2D eigenvalue weighted by atomic mass is 10.2. The highest BCUT2D eigenvalue weighted by Gasteiger charge is 2.29. The van der Waals surface area contributed by atoms with E-state index in [9.17, 15) is 4.79 Å². The van der Waals surface area contributed by atoms with Crippen LogP contribution in [0.15, 0.2) is 0 Å². The summed E-state index contributed by atoms with van der Waals surface area (Å²) in [5, 5.41) is 0. The lowest BCUT2D eigenvalue weighted by Gasteiger charge is -2.26. The van der Waals surface area contributed by atoms with E-state index in [1.807, 2.05) is 0 Å². The molecule has 52 valence electrons. The van der Waals surface area contributed by atoms with Gasteiger partial charge in [0, 0.05) is 12.8 Å². The minimum atomic E-state index is -0.810. The Hall–Kier alpha value is 0.170. The van der Waals surface area contributed by atoms with Gasteiger partial charge in [0.1, 0.15) is 0 Å². The monoisotopic (exact) mass is 164 g/mol. The molecule has 0 bridgehead atoms. The standard InChI is InChI=1S/C5H8O2S2/c6-4-2-1-3-5(8,9)7-4/h8-9H,1-3H2. The largest absolute Gasteiger partial charge is 0.439 e. The van der Waals surface area contributed by atoms with Crippen molar-refractivity contribution in [1.82, 2.24) is 0 Å². The van der Waals surface area contributed by atoms with Crippen molar-refractivity contribution in [3.63, 3.8) is 0 Å². The molecule has 1 aliphatic rings. The van der Waals surface area contributed by atoms with E-state index in [4.69, 9.17) is 4.74 Å². The number of hydrogen-bond acceptors (Lipinski definition) is 4. The quantitative estimate of drug-likeness (QED) is 0.320. The van der Waals surface area contributed by atoms with Crippen LogP contribution in [0.25, 0.3) is 0 Å². The van der Waals surface area contributed by atoms with Gasteiger partial charge in [-0.15, -0.1) is 25.3 Å². The number of carbonyl (C=O) groups is 1. The van der Waals surface area contributed by atoms with Crippen LogP contribution in [0.1, 0.15) is 19.3 Å². The molecular weight excluding hydrogens is 156 g/mol. The molecule has 0 unspecified atom stereocenters. The Morgan fingerprint density at radius 2 is 2.22 bits per heavy atom. The van der Waals surface area contributed by atoms with Gasteiger partial charge in [0.05, 0.1) is 0 Å². The second-order valence-corrected chi connectivity index (χ2v) is 3.87. The molecular formula is C5H8O2S2. The van der Waals surface area contributed by atoms with Crippen molar-refractivity contribution in [3.8, 4) is 0 Å². The molecule has 0 atom stereocenters. The molecule has 9 heavy (non-hydrogen) atoms. The zero-order chi connectivity index (χ0) is 6.91. The number of cyclic esters (lactones) is 1. The van der Waals surface area contributed by atoms with Crippen LogP contribution in [0.5, 0.6) is 0 Å². The number of carbonyl (C=O) groups excluding carboxylic acids is 1. The summed E-state index contributed by atoms with van der Waals surface area (Å²) in [5.74, 6) is -0.203. The maximum atomic E-state index is 10.6. The van der Waals surface area contributed by atoms with Gasteiger partial charge in [-0.2, -0.15) is 0 Å². The smallest absolute Gasteiger partial charge is 0.307 e. The van der Waals surface area contributed by atoms with Gasteiger partial charge in [0.25, 0.3) is 0 Å². The molecule has 0 N–H and O–H groups in total. The first-order valence-electron chi connectivity index (χ1n) is 2.77. The van der Waals surface area contributed by atoms with E-state index >= 15 is 0 Å². The summed E-state index contributed by atoms with van der Waals surface area (Å²) in [4.78, 5) is 10.6. The Labute approximate surface area is 64.8 Å². The molecule has 4 heteroatoms. The van der Waals surface area contributed by atoms with Crippen LogP contribution in [0.3, 0.4) is 0 Å². The third-order valence-electron chi connectivity index (χ3n) is 1.16. The van der Waals surface area contributed by atoms with Gasteiger partial charge < -0.3 is 4.74 Å². The minimum absolute atomic E-state index is 0.203. The highest BCUT2D eigenvalue weighted by molar-refractivity contribution is 8.00. The summed E-state index contributed by atoms with van der Waals surface area (Å²) in [6.07, 6.45) is 2.06. The van der Waals surface area contributed by atoms with E-state index < -0.39 is 4.27 Å². The first kappa shape index (κ1) is 7.28. The first-order valence-corrected chi connectivity index (χ1v) is 3.66. The Balaban J connectivity index is 2.51. The molecule has 1 saturated heterocycles. The molecule has 0 aliphatic carbocycles. The molecule has 0 saturated carbocycles. The van der Waals surface area contributed by atoms with E-state index in [1.54, 1.807) is 0 Å². The third-order valence-corrected chi connectivity index (χ3v) is 1.79. The Morgan fingerprint density at radius 1 is 1.56 bits per heavy atom. The second-order valence-electron chi connectivity index (χ2n) is 2.07. The highest BCUT2D eigenvalue weighted by Crippen LogP contribution is 2.32. The maximum absolute atomic E-state index is 10.6. The molecule has 1 rings (SSSR count). The molecule has 0 aromatic carbocycles. The van der Waals surface area contributed by atoms with Gasteiger partial charge in [-0.3, -0.25) is 4.79 Å². The van der Waals surface area contributed by atoms with Crippen molar-refractivity contribution in [3.05, 3.63) is 0 Å². The van der Waals surface area contributed by atoms with Gasteiger partial charge >= 0.3 is 5.97 Å². The normalized spacial score (nSPS) is 25.3. The van der Waals surface area contributed by atoms with E-state index in [1.165, 1.54) is 0 Å². The fourth-order valence-electron chi connectivity index (χ4n) is 0.747. The molecule has 1 heterocycles. The molecule has 0 spiro atoms. The van der Waals surface area contributed by atoms with Crippen molar-refractivity contribution >= 4 is 31.2 Å². The molecule has 1 fully saturated rings. The van der Waals surface area contributed by atoms with Gasteiger partial charge in [-0.1, -0.05) is 0 Å². The van der Waals surface area contributed by atoms with E-state index in [0.29, 0.717) is 6.42 Å². The number of thiol groups is 2. The number of ether oxygens (including phenoxy) is 1. The number of rotatable bonds is 0. The summed E-state index contributed by atoms with van der Waals surface area (Å²) in [6.45, 7) is 0. The van der Waals surface area contributed by atoms with Crippen LogP contribution in [0.2, 0.25) is 0 Å². The van der Waals surface area contributed by atoms with E-state index in [-0.39, 0.29) is 5.97 Å². The van der Waals surface area contributed by atoms with Crippen molar-refractivity contribution in [2.24, 2.45) is 0 Å². The summed E-state index contributed by atoms with van der Waals surface area (Å²) in [7, 11) is 0. The Kier molecular flexibility index (Phi) is 1.96. The average Bonchev–Trinajstić information content (AvgIpc) is 1.60. The minimum Gasteiger partial charge on any atom is -0.439 e. The van der Waals surface area contributed by atoms with Crippen LogP contribution >= 0.6 is 25.3 Å². The number of esters is 1. The van der Waals surface area contributed by atoms with Crippen LogP contribution in [-0.2, 0) is 9.53 Å². The van der Waals surface area contributed by atoms with E-state index in [0.717, 1.165) is 12.8 Å². The van der Waals surface area contributed by atoms with Crippen molar-refractivity contribution in [2.75, 3.05) is 0 Å². The lowest BCUT2D eigenvalue weighted by Crippen LogP contribution is -2.27. The van der Waals surface area contributed by atoms with Gasteiger partial charge in [0.2, 0.25) is 0 Å². The molecule has 0 aromatic heterocycles. The van der Waals surface area contributed by atoms with Crippen molar-refractivity contribution in [1.29, 1.82) is 0 Å². The average molecular weight is 164 g/mol. The molecule has 0 amide bonds. The van der Waals surface area contributed by atoms with Crippen LogP contribution in [0.4, 0.5) is 0 Å². The van der Waals surface area contributed by atoms with Gasteiger partial charge in [0.15, 0.2) is 4.27 Å². The fourth-order valence-corrected chi connectivity index (χ4v) is 1.27. The lowest BCUT2D eigenvalue weighted by molar-refractivity contribution is -0.150. The zero-order valence-electron chi connectivity index (χ0n) is 4.83. The zero-order valence-corrected chi connectivity index (χ0v) is 6.62. The summed E-state index contributed by atoms with van der Waals surface area (Å²) < 4.78 is 3.95. The first-order chi connectivity index (χ1) is 4.10. The SMILES string of the molecule is O=C1CCCC(S)(S)O1. The van der Waals surface area contributed by atoms with Crippen LogP contribution < -0.4 is 0 Å². The predicted molar refractivity (Wildman–Crippen MR) is 40.6 cm³/mol. The molecule has 0 aromatic rings. The molecule has 1 aliphatic heterocycles. The highest BCUT2D eigenvalue weighted by atomic mass is 32.2. The summed E-state index contributed by atoms with van der Waals surface area (Å²) in [6, 6.07) is 0. The van der Waals surface area contributed by atoms with E-state index in [2.05, 4.69) is 25.3 Å². The van der Waals surface area contributed by atoms with Gasteiger partial charge in [-0.05, 0) is 6.42 Å².